The van der Waals surface area contributed by atoms with Gasteiger partial charge in [0.25, 0.3) is 0 Å². The Bertz CT molecular complexity index is 523. The van der Waals surface area contributed by atoms with Crippen molar-refractivity contribution in [3.05, 3.63) is 28.4 Å². The molecule has 0 aliphatic carbocycles. The van der Waals surface area contributed by atoms with Gasteiger partial charge in [-0.3, -0.25) is 4.79 Å². The van der Waals surface area contributed by atoms with E-state index in [1.165, 1.54) is 0 Å². The number of halogens is 1. The molecule has 0 radical (unpaired) electrons. The Hall–Kier alpha value is -1.40. The molecule has 1 atom stereocenters. The third kappa shape index (κ3) is 1.73. The predicted octanol–water partition coefficient (Wildman–Crippen LogP) is 1.67. The Labute approximate surface area is 93.0 Å². The van der Waals surface area contributed by atoms with E-state index in [-0.39, 0.29) is 5.69 Å². The number of carbonyl (C=O) groups is 1. The molecule has 2 aromatic rings. The van der Waals surface area contributed by atoms with Gasteiger partial charge in [0, 0.05) is 9.86 Å². The first-order chi connectivity index (χ1) is 7.09. The Kier molecular flexibility index (Phi) is 2.45. The second-order valence-electron chi connectivity index (χ2n) is 3.02. The Morgan fingerprint density at radius 3 is 3.00 bits per heavy atom. The number of carboxylic acids is 1. The van der Waals surface area contributed by atoms with Crippen molar-refractivity contribution < 1.29 is 14.4 Å². The van der Waals surface area contributed by atoms with Crippen molar-refractivity contribution in [2.45, 2.75) is 6.04 Å². The van der Waals surface area contributed by atoms with Gasteiger partial charge in [-0.1, -0.05) is 21.1 Å². The van der Waals surface area contributed by atoms with Crippen LogP contribution in [-0.4, -0.2) is 16.2 Å². The first-order valence-corrected chi connectivity index (χ1v) is 4.92. The maximum absolute atomic E-state index is 10.7. The molecular weight excluding hydrogens is 264 g/mol. The molecule has 0 spiro atoms. The van der Waals surface area contributed by atoms with E-state index in [1.54, 1.807) is 18.2 Å². The zero-order valence-corrected chi connectivity index (χ0v) is 9.06. The predicted molar refractivity (Wildman–Crippen MR) is 56.3 cm³/mol. The fraction of sp³-hybridized carbons (Fsp3) is 0.111. The Morgan fingerprint density at radius 2 is 2.33 bits per heavy atom. The Balaban J connectivity index is 2.61. The molecule has 2 rings (SSSR count). The summed E-state index contributed by atoms with van der Waals surface area (Å²) in [7, 11) is 0. The number of nitrogens with zero attached hydrogens (tertiary/aromatic N) is 1. The van der Waals surface area contributed by atoms with E-state index < -0.39 is 12.0 Å². The van der Waals surface area contributed by atoms with Crippen LogP contribution in [0.25, 0.3) is 11.0 Å². The van der Waals surface area contributed by atoms with Gasteiger partial charge in [-0.15, -0.1) is 0 Å². The van der Waals surface area contributed by atoms with Crippen LogP contribution in [0.2, 0.25) is 0 Å². The number of fused-ring (bicyclic) bond motifs is 1. The summed E-state index contributed by atoms with van der Waals surface area (Å²) in [4.78, 5) is 10.7. The van der Waals surface area contributed by atoms with E-state index >= 15 is 0 Å². The van der Waals surface area contributed by atoms with Crippen molar-refractivity contribution in [1.29, 1.82) is 0 Å². The molecule has 1 aromatic heterocycles. The van der Waals surface area contributed by atoms with E-state index in [0.29, 0.717) is 11.0 Å². The highest BCUT2D eigenvalue weighted by Crippen LogP contribution is 2.25. The maximum atomic E-state index is 10.7. The molecule has 6 heteroatoms. The normalized spacial score (nSPS) is 12.9. The largest absolute Gasteiger partial charge is 0.480 e. The van der Waals surface area contributed by atoms with Crippen molar-refractivity contribution in [1.82, 2.24) is 5.16 Å². The van der Waals surface area contributed by atoms with Crippen LogP contribution < -0.4 is 5.73 Å². The fourth-order valence-corrected chi connectivity index (χ4v) is 1.63. The van der Waals surface area contributed by atoms with Crippen molar-refractivity contribution in [3.63, 3.8) is 0 Å². The second-order valence-corrected chi connectivity index (χ2v) is 3.94. The SMILES string of the molecule is NC(C(=O)O)c1noc2ccc(Br)cc12. The van der Waals surface area contributed by atoms with Crippen molar-refractivity contribution >= 4 is 32.9 Å². The quantitative estimate of drug-likeness (QED) is 0.867. The molecule has 0 amide bonds. The molecule has 0 bridgehead atoms. The Morgan fingerprint density at radius 1 is 1.60 bits per heavy atom. The van der Waals surface area contributed by atoms with E-state index in [9.17, 15) is 4.79 Å². The van der Waals surface area contributed by atoms with Gasteiger partial charge in [-0.2, -0.15) is 0 Å². The molecule has 0 saturated carbocycles. The molecule has 1 aromatic carbocycles. The van der Waals surface area contributed by atoms with E-state index in [4.69, 9.17) is 15.4 Å². The number of nitrogens with two attached hydrogens (primary N) is 1. The average molecular weight is 271 g/mol. The average Bonchev–Trinajstić information content (AvgIpc) is 2.59. The van der Waals surface area contributed by atoms with Crippen LogP contribution in [0.1, 0.15) is 11.7 Å². The first-order valence-electron chi connectivity index (χ1n) is 4.13. The van der Waals surface area contributed by atoms with Crippen molar-refractivity contribution in [3.8, 4) is 0 Å². The second kappa shape index (κ2) is 3.63. The zero-order valence-electron chi connectivity index (χ0n) is 7.48. The third-order valence-electron chi connectivity index (χ3n) is 2.02. The number of aliphatic carboxylic acids is 1. The molecule has 1 heterocycles. The molecule has 15 heavy (non-hydrogen) atoms. The minimum atomic E-state index is -1.17. The van der Waals surface area contributed by atoms with E-state index in [1.807, 2.05) is 0 Å². The first kappa shape index (κ1) is 10.1. The van der Waals surface area contributed by atoms with Gasteiger partial charge in [0.15, 0.2) is 11.6 Å². The standard InChI is InChI=1S/C9H7BrN2O3/c10-4-1-2-6-5(3-4)8(12-15-6)7(11)9(13)14/h1-3,7H,11H2,(H,13,14). The molecule has 5 nitrogen and oxygen atoms in total. The van der Waals surface area contributed by atoms with E-state index in [0.717, 1.165) is 4.47 Å². The summed E-state index contributed by atoms with van der Waals surface area (Å²) < 4.78 is 5.78. The molecule has 78 valence electrons. The highest BCUT2D eigenvalue weighted by atomic mass is 79.9. The lowest BCUT2D eigenvalue weighted by Crippen LogP contribution is -2.21. The highest BCUT2D eigenvalue weighted by Gasteiger charge is 2.21. The summed E-state index contributed by atoms with van der Waals surface area (Å²) in [5, 5.41) is 13.0. The van der Waals surface area contributed by atoms with Crippen LogP contribution >= 0.6 is 15.9 Å². The smallest absolute Gasteiger partial charge is 0.326 e. The van der Waals surface area contributed by atoms with Crippen molar-refractivity contribution in [2.75, 3.05) is 0 Å². The molecule has 0 saturated heterocycles. The topological polar surface area (TPSA) is 89.4 Å². The van der Waals surface area contributed by atoms with Gasteiger partial charge >= 0.3 is 5.97 Å². The summed E-state index contributed by atoms with van der Waals surface area (Å²) in [5.74, 6) is -1.13. The van der Waals surface area contributed by atoms with Crippen LogP contribution in [0.3, 0.4) is 0 Å². The van der Waals surface area contributed by atoms with Crippen LogP contribution in [0.4, 0.5) is 0 Å². The van der Waals surface area contributed by atoms with Crippen molar-refractivity contribution in [2.24, 2.45) is 5.73 Å². The van der Waals surface area contributed by atoms with Gasteiger partial charge < -0.3 is 15.4 Å². The van der Waals surface area contributed by atoms with Crippen LogP contribution in [0, 0.1) is 0 Å². The molecule has 0 aliphatic rings. The number of aromatic nitrogens is 1. The van der Waals surface area contributed by atoms with E-state index in [2.05, 4.69) is 21.1 Å². The minimum Gasteiger partial charge on any atom is -0.480 e. The highest BCUT2D eigenvalue weighted by molar-refractivity contribution is 9.10. The molecular formula is C9H7BrN2O3. The van der Waals surface area contributed by atoms with Gasteiger partial charge in [0.1, 0.15) is 5.69 Å². The van der Waals surface area contributed by atoms with Crippen LogP contribution in [-0.2, 0) is 4.79 Å². The summed E-state index contributed by atoms with van der Waals surface area (Å²) in [6.07, 6.45) is 0. The lowest BCUT2D eigenvalue weighted by atomic mass is 10.1. The summed E-state index contributed by atoms with van der Waals surface area (Å²) in [6, 6.07) is 4.04. The number of benzene rings is 1. The fourth-order valence-electron chi connectivity index (χ4n) is 1.27. The summed E-state index contributed by atoms with van der Waals surface area (Å²) in [5.41, 5.74) is 6.21. The minimum absolute atomic E-state index is 0.235. The lowest BCUT2D eigenvalue weighted by molar-refractivity contribution is -0.138. The summed E-state index contributed by atoms with van der Waals surface area (Å²) >= 11 is 3.28. The zero-order chi connectivity index (χ0) is 11.0. The van der Waals surface area contributed by atoms with Gasteiger partial charge in [0.2, 0.25) is 0 Å². The summed E-state index contributed by atoms with van der Waals surface area (Å²) in [6.45, 7) is 0. The molecule has 0 fully saturated rings. The van der Waals surface area contributed by atoms with Crippen LogP contribution in [0.5, 0.6) is 0 Å². The number of hydrogen-bond donors (Lipinski definition) is 2. The number of rotatable bonds is 2. The molecule has 1 unspecified atom stereocenters. The molecule has 0 aliphatic heterocycles. The monoisotopic (exact) mass is 270 g/mol. The van der Waals surface area contributed by atoms with Gasteiger partial charge in [0.05, 0.1) is 0 Å². The molecule has 3 N–H and O–H groups in total. The van der Waals surface area contributed by atoms with Gasteiger partial charge in [-0.05, 0) is 18.2 Å². The van der Waals surface area contributed by atoms with Gasteiger partial charge in [-0.25, -0.2) is 0 Å². The maximum Gasteiger partial charge on any atom is 0.326 e. The third-order valence-corrected chi connectivity index (χ3v) is 2.51. The lowest BCUT2D eigenvalue weighted by Gasteiger charge is -2.01. The van der Waals surface area contributed by atoms with Crippen LogP contribution in [0.15, 0.2) is 27.2 Å². The number of carboxylic acid groups (broad SMARTS) is 1. The number of hydrogen-bond acceptors (Lipinski definition) is 4.